The summed E-state index contributed by atoms with van der Waals surface area (Å²) in [4.78, 5) is 45.4. The molecule has 0 bridgehead atoms. The molecule has 0 fully saturated rings. The van der Waals surface area contributed by atoms with Crippen molar-refractivity contribution in [2.24, 2.45) is 0 Å². The predicted molar refractivity (Wildman–Crippen MR) is 180 cm³/mol. The van der Waals surface area contributed by atoms with Gasteiger partial charge in [0.2, 0.25) is 5.91 Å². The van der Waals surface area contributed by atoms with Crippen LogP contribution in [0.5, 0.6) is 0 Å². The van der Waals surface area contributed by atoms with Crippen LogP contribution in [0.25, 0.3) is 17.3 Å². The highest BCUT2D eigenvalue weighted by molar-refractivity contribution is 8.00. The molecule has 7 nitrogen and oxygen atoms in total. The summed E-state index contributed by atoms with van der Waals surface area (Å²) in [6.07, 6.45) is 1.63. The van der Waals surface area contributed by atoms with Crippen molar-refractivity contribution in [2.45, 2.75) is 18.7 Å². The van der Waals surface area contributed by atoms with Crippen LogP contribution in [0.15, 0.2) is 120 Å². The first-order chi connectivity index (χ1) is 21.3. The number of rotatable bonds is 10. The van der Waals surface area contributed by atoms with E-state index < -0.39 is 5.91 Å². The standard InChI is InChI=1S/C35H30N4O3S2/c1-23-16-18-26(19-17-23)32-24(2)44-35(39-32)38-31(40)22-43-29-15-9-14-28(21-29)36-34(42)30(20-25-10-5-3-6-11-25)37-33(41)27-12-7-4-8-13-27/h3-21H,22H2,1-2H3,(H,36,42)(H,37,41)(H,38,39,40)/b30-20-. The Morgan fingerprint density at radius 1 is 0.818 bits per heavy atom. The van der Waals surface area contributed by atoms with Crippen LogP contribution >= 0.6 is 23.1 Å². The van der Waals surface area contributed by atoms with Crippen LogP contribution < -0.4 is 16.0 Å². The lowest BCUT2D eigenvalue weighted by Crippen LogP contribution is -2.30. The number of nitrogens with zero attached hydrogens (tertiary/aromatic N) is 1. The second-order valence-electron chi connectivity index (χ2n) is 9.90. The lowest BCUT2D eigenvalue weighted by atomic mass is 10.1. The first kappa shape index (κ1) is 30.5. The molecule has 0 unspecified atom stereocenters. The number of thioether (sulfide) groups is 1. The molecule has 0 aliphatic heterocycles. The van der Waals surface area contributed by atoms with Gasteiger partial charge in [-0.15, -0.1) is 23.1 Å². The maximum absolute atomic E-state index is 13.3. The third-order valence-electron chi connectivity index (χ3n) is 6.47. The summed E-state index contributed by atoms with van der Waals surface area (Å²) in [5.74, 6) is -0.867. The van der Waals surface area contributed by atoms with Crippen LogP contribution in [0.2, 0.25) is 0 Å². The number of aromatic nitrogens is 1. The number of anilines is 2. The summed E-state index contributed by atoms with van der Waals surface area (Å²) in [7, 11) is 0. The molecule has 1 heterocycles. The van der Waals surface area contributed by atoms with E-state index in [1.54, 1.807) is 48.5 Å². The zero-order chi connectivity index (χ0) is 30.9. The third-order valence-corrected chi connectivity index (χ3v) is 8.35. The van der Waals surface area contributed by atoms with E-state index in [9.17, 15) is 14.4 Å². The Kier molecular flexibility index (Phi) is 10.0. The Bertz CT molecular complexity index is 1800. The molecular formula is C35H30N4O3S2. The lowest BCUT2D eigenvalue weighted by Gasteiger charge is -2.12. The van der Waals surface area contributed by atoms with Gasteiger partial charge in [-0.2, -0.15) is 0 Å². The van der Waals surface area contributed by atoms with Gasteiger partial charge in [-0.1, -0.05) is 84.4 Å². The molecule has 4 aromatic carbocycles. The Morgan fingerprint density at radius 2 is 1.52 bits per heavy atom. The normalized spacial score (nSPS) is 11.1. The van der Waals surface area contributed by atoms with Gasteiger partial charge in [-0.3, -0.25) is 14.4 Å². The molecule has 0 radical (unpaired) electrons. The molecule has 1 aromatic heterocycles. The SMILES string of the molecule is Cc1ccc(-c2nc(NC(=O)CSc3cccc(NC(=O)/C(=C/c4ccccc4)NC(=O)c4ccccc4)c3)sc2C)cc1. The van der Waals surface area contributed by atoms with Gasteiger partial charge in [0.25, 0.3) is 11.8 Å². The van der Waals surface area contributed by atoms with Gasteiger partial charge in [0.15, 0.2) is 5.13 Å². The number of carbonyl (C=O) groups excluding carboxylic acids is 3. The van der Waals surface area contributed by atoms with E-state index in [0.29, 0.717) is 16.4 Å². The Morgan fingerprint density at radius 3 is 2.25 bits per heavy atom. The lowest BCUT2D eigenvalue weighted by molar-refractivity contribution is -0.114. The molecule has 9 heteroatoms. The average Bonchev–Trinajstić information content (AvgIpc) is 3.40. The minimum Gasteiger partial charge on any atom is -0.321 e. The Labute approximate surface area is 264 Å². The minimum absolute atomic E-state index is 0.103. The van der Waals surface area contributed by atoms with Gasteiger partial charge >= 0.3 is 0 Å². The van der Waals surface area contributed by atoms with Crippen molar-refractivity contribution in [1.29, 1.82) is 0 Å². The summed E-state index contributed by atoms with van der Waals surface area (Å²) in [6.45, 7) is 4.03. The van der Waals surface area contributed by atoms with Crippen LogP contribution in [-0.2, 0) is 9.59 Å². The maximum atomic E-state index is 13.3. The van der Waals surface area contributed by atoms with E-state index in [1.807, 2.05) is 80.6 Å². The van der Waals surface area contributed by atoms with Crippen LogP contribution in [0.4, 0.5) is 10.8 Å². The molecule has 0 spiro atoms. The third kappa shape index (κ3) is 8.31. The number of hydrogen-bond donors (Lipinski definition) is 3. The second kappa shape index (κ2) is 14.5. The number of benzene rings is 4. The van der Waals surface area contributed by atoms with E-state index in [2.05, 4.69) is 20.9 Å². The molecular weight excluding hydrogens is 589 g/mol. The molecule has 5 rings (SSSR count). The van der Waals surface area contributed by atoms with E-state index >= 15 is 0 Å². The molecule has 0 aliphatic rings. The quantitative estimate of drug-likeness (QED) is 0.111. The topological polar surface area (TPSA) is 100 Å². The number of carbonyl (C=O) groups is 3. The fourth-order valence-electron chi connectivity index (χ4n) is 4.25. The summed E-state index contributed by atoms with van der Waals surface area (Å²) in [5.41, 5.74) is 4.90. The molecule has 3 amide bonds. The zero-order valence-electron chi connectivity index (χ0n) is 24.2. The molecule has 0 atom stereocenters. The van der Waals surface area contributed by atoms with Gasteiger partial charge in [0, 0.05) is 26.6 Å². The fourth-order valence-corrected chi connectivity index (χ4v) is 5.86. The molecule has 5 aromatic rings. The van der Waals surface area contributed by atoms with Gasteiger partial charge in [0.05, 0.1) is 11.4 Å². The van der Waals surface area contributed by atoms with E-state index in [4.69, 9.17) is 0 Å². The molecule has 3 N–H and O–H groups in total. The highest BCUT2D eigenvalue weighted by Gasteiger charge is 2.16. The van der Waals surface area contributed by atoms with Crippen molar-refractivity contribution < 1.29 is 14.4 Å². The van der Waals surface area contributed by atoms with E-state index in [1.165, 1.54) is 28.7 Å². The van der Waals surface area contributed by atoms with Gasteiger partial charge in [-0.25, -0.2) is 4.98 Å². The fraction of sp³-hybridized carbons (Fsp3) is 0.0857. The van der Waals surface area contributed by atoms with Crippen LogP contribution in [0, 0.1) is 13.8 Å². The number of aryl methyl sites for hydroxylation is 2. The highest BCUT2D eigenvalue weighted by atomic mass is 32.2. The molecule has 0 saturated heterocycles. The first-order valence-electron chi connectivity index (χ1n) is 13.9. The van der Waals surface area contributed by atoms with Crippen molar-refractivity contribution in [3.8, 4) is 11.3 Å². The average molecular weight is 619 g/mol. The monoisotopic (exact) mass is 618 g/mol. The molecule has 44 heavy (non-hydrogen) atoms. The number of amides is 3. The number of nitrogens with one attached hydrogen (secondary N) is 3. The van der Waals surface area contributed by atoms with Crippen molar-refractivity contribution >= 4 is 57.7 Å². The Hall–Kier alpha value is -4.99. The van der Waals surface area contributed by atoms with Gasteiger partial charge in [-0.05, 0) is 55.8 Å². The van der Waals surface area contributed by atoms with Crippen LogP contribution in [0.3, 0.4) is 0 Å². The summed E-state index contributed by atoms with van der Waals surface area (Å²) >= 11 is 2.79. The smallest absolute Gasteiger partial charge is 0.272 e. The van der Waals surface area contributed by atoms with Gasteiger partial charge in [0.1, 0.15) is 5.70 Å². The summed E-state index contributed by atoms with van der Waals surface area (Å²) < 4.78 is 0. The van der Waals surface area contributed by atoms with Crippen LogP contribution in [0.1, 0.15) is 26.4 Å². The maximum Gasteiger partial charge on any atom is 0.272 e. The largest absolute Gasteiger partial charge is 0.321 e. The van der Waals surface area contributed by atoms with Crippen molar-refractivity contribution in [3.05, 3.63) is 136 Å². The number of hydrogen-bond acceptors (Lipinski definition) is 6. The van der Waals surface area contributed by atoms with Crippen LogP contribution in [-0.4, -0.2) is 28.5 Å². The molecule has 0 aliphatic carbocycles. The van der Waals surface area contributed by atoms with E-state index in [-0.39, 0.29) is 23.3 Å². The molecule has 220 valence electrons. The first-order valence-corrected chi connectivity index (χ1v) is 15.7. The second-order valence-corrected chi connectivity index (χ2v) is 12.1. The van der Waals surface area contributed by atoms with Crippen molar-refractivity contribution in [2.75, 3.05) is 16.4 Å². The van der Waals surface area contributed by atoms with Crippen molar-refractivity contribution in [1.82, 2.24) is 10.3 Å². The summed E-state index contributed by atoms with van der Waals surface area (Å²) in [5, 5.41) is 9.07. The number of thiazole rings is 1. The summed E-state index contributed by atoms with van der Waals surface area (Å²) in [6, 6.07) is 33.4. The van der Waals surface area contributed by atoms with Crippen molar-refractivity contribution in [3.63, 3.8) is 0 Å². The zero-order valence-corrected chi connectivity index (χ0v) is 25.8. The Balaban J connectivity index is 1.22. The minimum atomic E-state index is -0.471. The molecule has 0 saturated carbocycles. The highest BCUT2D eigenvalue weighted by Crippen LogP contribution is 2.31. The van der Waals surface area contributed by atoms with E-state index in [0.717, 1.165) is 26.6 Å². The predicted octanol–water partition coefficient (Wildman–Crippen LogP) is 7.57. The van der Waals surface area contributed by atoms with Gasteiger partial charge < -0.3 is 16.0 Å².